The number of Topliss-reactive ketones (excluding diaryl/α,β-unsaturated/α-hetero) is 1. The molecule has 1 amide bonds. The lowest BCUT2D eigenvalue weighted by atomic mass is 9.94. The Morgan fingerprint density at radius 1 is 1.03 bits per heavy atom. The van der Waals surface area contributed by atoms with E-state index in [1.807, 2.05) is 13.8 Å². The molecule has 1 saturated heterocycles. The van der Waals surface area contributed by atoms with Gasteiger partial charge in [-0.1, -0.05) is 12.1 Å². The first-order valence-corrected chi connectivity index (χ1v) is 11.5. The number of aryl methyl sites for hydroxylation is 1. The molecule has 5 rings (SSSR count). The minimum Gasteiger partial charge on any atom is -0.507 e. The third-order valence-electron chi connectivity index (χ3n) is 6.25. The fraction of sp³-hybridized carbons (Fsp3) is 0.214. The summed E-state index contributed by atoms with van der Waals surface area (Å²) in [7, 11) is 1.56. The molecule has 1 atom stereocenters. The number of aliphatic hydroxyl groups is 1. The van der Waals surface area contributed by atoms with Crippen molar-refractivity contribution in [2.45, 2.75) is 19.9 Å². The van der Waals surface area contributed by atoms with E-state index in [4.69, 9.17) is 18.9 Å². The van der Waals surface area contributed by atoms with Crippen LogP contribution in [-0.4, -0.2) is 37.3 Å². The van der Waals surface area contributed by atoms with Gasteiger partial charge >= 0.3 is 0 Å². The molecule has 8 heteroatoms. The quantitative estimate of drug-likeness (QED) is 0.304. The minimum absolute atomic E-state index is 0.00797. The Labute approximate surface area is 208 Å². The van der Waals surface area contributed by atoms with Gasteiger partial charge in [-0.05, 0) is 67.4 Å². The van der Waals surface area contributed by atoms with Crippen LogP contribution in [0.3, 0.4) is 0 Å². The number of anilines is 1. The van der Waals surface area contributed by atoms with Gasteiger partial charge in [0.1, 0.15) is 17.3 Å². The summed E-state index contributed by atoms with van der Waals surface area (Å²) in [6.07, 6.45) is 0. The molecule has 0 spiro atoms. The van der Waals surface area contributed by atoms with Gasteiger partial charge in [0.25, 0.3) is 11.7 Å². The first-order chi connectivity index (χ1) is 17.4. The van der Waals surface area contributed by atoms with E-state index in [-0.39, 0.29) is 18.1 Å². The highest BCUT2D eigenvalue weighted by molar-refractivity contribution is 6.51. The smallest absolute Gasteiger partial charge is 0.300 e. The van der Waals surface area contributed by atoms with Crippen LogP contribution in [0.1, 0.15) is 29.7 Å². The van der Waals surface area contributed by atoms with Crippen molar-refractivity contribution in [2.75, 3.05) is 25.4 Å². The van der Waals surface area contributed by atoms with E-state index in [0.29, 0.717) is 46.4 Å². The summed E-state index contributed by atoms with van der Waals surface area (Å²) in [5, 5.41) is 11.4. The molecule has 0 saturated carbocycles. The van der Waals surface area contributed by atoms with Crippen molar-refractivity contribution in [1.29, 1.82) is 0 Å². The second-order valence-corrected chi connectivity index (χ2v) is 8.39. The maximum atomic E-state index is 13.4. The standard InChI is InChI=1S/C28H25NO7/c1-4-34-20-9-5-17(6-10-20)25-24(26(30)18-7-11-21(33-3)16(2)13-18)27(31)28(32)29(25)19-8-12-22-23(14-19)36-15-35-22/h5-14,25,30H,4,15H2,1-3H3/b26-24+. The highest BCUT2D eigenvalue weighted by atomic mass is 16.7. The minimum atomic E-state index is -0.872. The van der Waals surface area contributed by atoms with Gasteiger partial charge in [0.2, 0.25) is 6.79 Å². The van der Waals surface area contributed by atoms with Gasteiger partial charge in [0.05, 0.1) is 25.3 Å². The van der Waals surface area contributed by atoms with E-state index < -0.39 is 17.7 Å². The summed E-state index contributed by atoms with van der Waals surface area (Å²) in [6, 6.07) is 16.4. The Balaban J connectivity index is 1.67. The number of benzene rings is 3. The Kier molecular flexibility index (Phi) is 6.01. The average Bonchev–Trinajstić information content (AvgIpc) is 3.46. The molecular formula is C28H25NO7. The first kappa shape index (κ1) is 23.3. The zero-order valence-electron chi connectivity index (χ0n) is 20.1. The molecule has 1 N–H and O–H groups in total. The number of amides is 1. The van der Waals surface area contributed by atoms with Crippen LogP contribution in [0.2, 0.25) is 0 Å². The molecule has 1 unspecified atom stereocenters. The fourth-order valence-corrected chi connectivity index (χ4v) is 4.54. The number of carbonyl (C=O) groups excluding carboxylic acids is 2. The van der Waals surface area contributed by atoms with Gasteiger partial charge in [-0.25, -0.2) is 0 Å². The summed E-state index contributed by atoms with van der Waals surface area (Å²) in [4.78, 5) is 28.1. The first-order valence-electron chi connectivity index (χ1n) is 11.5. The number of aliphatic hydroxyl groups excluding tert-OH is 1. The summed E-state index contributed by atoms with van der Waals surface area (Å²) >= 11 is 0. The molecule has 8 nitrogen and oxygen atoms in total. The van der Waals surface area contributed by atoms with E-state index in [2.05, 4.69) is 0 Å². The topological polar surface area (TPSA) is 94.5 Å². The lowest BCUT2D eigenvalue weighted by Gasteiger charge is -2.26. The molecule has 36 heavy (non-hydrogen) atoms. The lowest BCUT2D eigenvalue weighted by Crippen LogP contribution is -2.29. The highest BCUT2D eigenvalue weighted by Crippen LogP contribution is 2.45. The monoisotopic (exact) mass is 487 g/mol. The summed E-state index contributed by atoms with van der Waals surface area (Å²) < 4.78 is 21.8. The molecular weight excluding hydrogens is 462 g/mol. The van der Waals surface area contributed by atoms with Crippen LogP contribution >= 0.6 is 0 Å². The number of rotatable bonds is 6. The normalized spacial score (nSPS) is 18.0. The molecule has 0 aliphatic carbocycles. The van der Waals surface area contributed by atoms with Crippen molar-refractivity contribution in [3.8, 4) is 23.0 Å². The summed E-state index contributed by atoms with van der Waals surface area (Å²) in [6.45, 7) is 4.31. The Morgan fingerprint density at radius 3 is 2.47 bits per heavy atom. The zero-order chi connectivity index (χ0) is 25.4. The SMILES string of the molecule is CCOc1ccc(C2/C(=C(\O)c3ccc(OC)c(C)c3)C(=O)C(=O)N2c2ccc3c(c2)OCO3)cc1. The maximum Gasteiger partial charge on any atom is 0.300 e. The maximum absolute atomic E-state index is 13.4. The number of ether oxygens (including phenoxy) is 4. The third-order valence-corrected chi connectivity index (χ3v) is 6.25. The predicted molar refractivity (Wildman–Crippen MR) is 133 cm³/mol. The second kappa shape index (κ2) is 9.30. The molecule has 2 heterocycles. The summed E-state index contributed by atoms with van der Waals surface area (Å²) in [5.74, 6) is 0.549. The van der Waals surface area contributed by atoms with Gasteiger partial charge in [-0.3, -0.25) is 14.5 Å². The number of methoxy groups -OCH3 is 1. The molecule has 0 bridgehead atoms. The predicted octanol–water partition coefficient (Wildman–Crippen LogP) is 4.76. The van der Waals surface area contributed by atoms with Gasteiger partial charge in [-0.15, -0.1) is 0 Å². The van der Waals surface area contributed by atoms with Gasteiger partial charge in [0, 0.05) is 17.3 Å². The Hall–Kier alpha value is -4.46. The largest absolute Gasteiger partial charge is 0.507 e. The van der Waals surface area contributed by atoms with E-state index >= 15 is 0 Å². The molecule has 1 fully saturated rings. The zero-order valence-corrected chi connectivity index (χ0v) is 20.1. The number of nitrogens with zero attached hydrogens (tertiary/aromatic N) is 1. The van der Waals surface area contributed by atoms with Crippen LogP contribution in [0.5, 0.6) is 23.0 Å². The van der Waals surface area contributed by atoms with Crippen molar-refractivity contribution in [3.63, 3.8) is 0 Å². The van der Waals surface area contributed by atoms with E-state index in [0.717, 1.165) is 5.56 Å². The number of carbonyl (C=O) groups is 2. The van der Waals surface area contributed by atoms with Gasteiger partial charge in [-0.2, -0.15) is 0 Å². The molecule has 2 aliphatic rings. The van der Waals surface area contributed by atoms with Crippen molar-refractivity contribution < 1.29 is 33.6 Å². The number of hydrogen-bond donors (Lipinski definition) is 1. The molecule has 0 radical (unpaired) electrons. The van der Waals surface area contributed by atoms with Gasteiger partial charge < -0.3 is 24.1 Å². The molecule has 2 aliphatic heterocycles. The Morgan fingerprint density at radius 2 is 1.78 bits per heavy atom. The van der Waals surface area contributed by atoms with Crippen molar-refractivity contribution in [2.24, 2.45) is 0 Å². The van der Waals surface area contributed by atoms with Crippen LogP contribution in [0.4, 0.5) is 5.69 Å². The molecule has 184 valence electrons. The second-order valence-electron chi connectivity index (χ2n) is 8.39. The average molecular weight is 488 g/mol. The number of hydrogen-bond acceptors (Lipinski definition) is 7. The third kappa shape index (κ3) is 3.90. The fourth-order valence-electron chi connectivity index (χ4n) is 4.54. The van der Waals surface area contributed by atoms with Crippen LogP contribution < -0.4 is 23.8 Å². The van der Waals surface area contributed by atoms with E-state index in [1.165, 1.54) is 4.90 Å². The van der Waals surface area contributed by atoms with E-state index in [9.17, 15) is 14.7 Å². The number of ketones is 1. The number of fused-ring (bicyclic) bond motifs is 1. The molecule has 3 aromatic carbocycles. The highest BCUT2D eigenvalue weighted by Gasteiger charge is 2.47. The summed E-state index contributed by atoms with van der Waals surface area (Å²) in [5.41, 5.74) is 2.27. The van der Waals surface area contributed by atoms with Crippen LogP contribution in [0.25, 0.3) is 5.76 Å². The van der Waals surface area contributed by atoms with Crippen LogP contribution in [0, 0.1) is 6.92 Å². The van der Waals surface area contributed by atoms with Crippen molar-refractivity contribution in [1.82, 2.24) is 0 Å². The molecule has 3 aromatic rings. The lowest BCUT2D eigenvalue weighted by molar-refractivity contribution is -0.132. The van der Waals surface area contributed by atoms with Crippen LogP contribution in [-0.2, 0) is 9.59 Å². The van der Waals surface area contributed by atoms with Crippen molar-refractivity contribution in [3.05, 3.63) is 82.9 Å². The van der Waals surface area contributed by atoms with E-state index in [1.54, 1.807) is 67.8 Å². The van der Waals surface area contributed by atoms with Crippen molar-refractivity contribution >= 4 is 23.1 Å². The molecule has 0 aromatic heterocycles. The van der Waals surface area contributed by atoms with Gasteiger partial charge in [0.15, 0.2) is 11.5 Å². The van der Waals surface area contributed by atoms with Crippen LogP contribution in [0.15, 0.2) is 66.2 Å². The Bertz CT molecular complexity index is 1380.